The number of rotatable bonds is 2. The summed E-state index contributed by atoms with van der Waals surface area (Å²) in [4.78, 5) is 0. The molecule has 0 spiro atoms. The molecule has 1 nitrogen and oxygen atoms in total. The number of hydrogen-bond donors (Lipinski definition) is 2. The molecule has 0 unspecified atom stereocenters. The second-order valence-corrected chi connectivity index (χ2v) is 4.35. The van der Waals surface area contributed by atoms with Gasteiger partial charge in [0.15, 0.2) is 0 Å². The zero-order valence-electron chi connectivity index (χ0n) is 5.72. The van der Waals surface area contributed by atoms with Crippen LogP contribution in [0, 0.1) is 5.92 Å². The van der Waals surface area contributed by atoms with Gasteiger partial charge in [0.2, 0.25) is 0 Å². The molecule has 2 bridgehead atoms. The van der Waals surface area contributed by atoms with Gasteiger partial charge in [-0.15, -0.1) is 0 Å². The van der Waals surface area contributed by atoms with E-state index in [0.29, 0.717) is 10.9 Å². The van der Waals surface area contributed by atoms with Gasteiger partial charge in [0.1, 0.15) is 0 Å². The van der Waals surface area contributed by atoms with Gasteiger partial charge in [-0.25, -0.2) is 0 Å². The van der Waals surface area contributed by atoms with Crippen LogP contribution in [0.5, 0.6) is 0 Å². The first-order valence-corrected chi connectivity index (χ1v) is 4.18. The van der Waals surface area contributed by atoms with E-state index in [0.717, 1.165) is 5.92 Å². The fourth-order valence-corrected chi connectivity index (χ4v) is 2.37. The van der Waals surface area contributed by atoms with Crippen molar-refractivity contribution >= 4 is 12.6 Å². The molecule has 0 aromatic carbocycles. The Morgan fingerprint density at radius 2 is 2.11 bits per heavy atom. The third-order valence-corrected chi connectivity index (χ3v) is 2.68. The van der Waals surface area contributed by atoms with Gasteiger partial charge in [-0.3, -0.25) is 0 Å². The van der Waals surface area contributed by atoms with Gasteiger partial charge in [-0.1, -0.05) is 0 Å². The van der Waals surface area contributed by atoms with E-state index >= 15 is 0 Å². The first kappa shape index (κ1) is 6.05. The summed E-state index contributed by atoms with van der Waals surface area (Å²) in [6.45, 7) is 2.10. The van der Waals surface area contributed by atoms with Crippen molar-refractivity contribution in [2.75, 3.05) is 0 Å². The van der Waals surface area contributed by atoms with Gasteiger partial charge in [0.05, 0.1) is 0 Å². The summed E-state index contributed by atoms with van der Waals surface area (Å²) < 4.78 is 0. The van der Waals surface area contributed by atoms with Crippen molar-refractivity contribution in [3.63, 3.8) is 0 Å². The van der Waals surface area contributed by atoms with Crippen molar-refractivity contribution in [3.8, 4) is 0 Å². The monoisotopic (exact) mass is 143 g/mol. The molecule has 0 aromatic heterocycles. The van der Waals surface area contributed by atoms with Crippen molar-refractivity contribution in [3.05, 3.63) is 0 Å². The van der Waals surface area contributed by atoms with Crippen LogP contribution in [0.1, 0.15) is 26.2 Å². The third-order valence-electron chi connectivity index (χ3n) is 2.55. The lowest BCUT2D eigenvalue weighted by Crippen LogP contribution is -2.67. The Kier molecular flexibility index (Phi) is 1.12. The highest BCUT2D eigenvalue weighted by Gasteiger charge is 2.56. The van der Waals surface area contributed by atoms with Crippen LogP contribution in [0.2, 0.25) is 0 Å². The van der Waals surface area contributed by atoms with E-state index in [1.165, 1.54) is 19.3 Å². The highest BCUT2D eigenvalue weighted by molar-refractivity contribution is 7.80. The smallest absolute Gasteiger partial charge is 0.0477 e. The molecule has 0 aliphatic heterocycles. The fourth-order valence-electron chi connectivity index (χ4n) is 2.10. The van der Waals surface area contributed by atoms with E-state index in [4.69, 9.17) is 0 Å². The normalized spacial score (nSPS) is 49.3. The predicted octanol–water partition coefficient (Wildman–Crippen LogP) is 1.40. The maximum atomic E-state index is 4.29. The van der Waals surface area contributed by atoms with E-state index in [-0.39, 0.29) is 0 Å². The van der Waals surface area contributed by atoms with Gasteiger partial charge in [0, 0.05) is 10.9 Å². The van der Waals surface area contributed by atoms with Crippen molar-refractivity contribution in [1.82, 2.24) is 5.32 Å². The standard InChI is InChI=1S/C7H13NS/c1-5(9)8-7-2-6(3-7)4-7/h5-6,8-9H,2-4H2,1H3/t5-,6?,7?/m0/s1. The van der Waals surface area contributed by atoms with E-state index in [1.807, 2.05) is 0 Å². The number of hydrogen-bond acceptors (Lipinski definition) is 2. The molecule has 0 amide bonds. The first-order chi connectivity index (χ1) is 4.20. The fraction of sp³-hybridized carbons (Fsp3) is 1.00. The van der Waals surface area contributed by atoms with Crippen LogP contribution in [-0.2, 0) is 0 Å². The summed E-state index contributed by atoms with van der Waals surface area (Å²) in [5.74, 6) is 1.07. The molecular weight excluding hydrogens is 130 g/mol. The molecule has 0 saturated heterocycles. The van der Waals surface area contributed by atoms with Crippen LogP contribution < -0.4 is 5.32 Å². The molecule has 1 N–H and O–H groups in total. The Morgan fingerprint density at radius 1 is 1.56 bits per heavy atom. The molecule has 3 aliphatic carbocycles. The lowest BCUT2D eigenvalue weighted by atomic mass is 9.50. The molecule has 0 aromatic rings. The van der Waals surface area contributed by atoms with Crippen LogP contribution in [0.3, 0.4) is 0 Å². The summed E-state index contributed by atoms with van der Waals surface area (Å²) in [7, 11) is 0. The van der Waals surface area contributed by atoms with Crippen molar-refractivity contribution in [1.29, 1.82) is 0 Å². The Balaban J connectivity index is 1.85. The van der Waals surface area contributed by atoms with Gasteiger partial charge in [0.25, 0.3) is 0 Å². The first-order valence-electron chi connectivity index (χ1n) is 3.66. The van der Waals surface area contributed by atoms with Crippen LogP contribution in [0.25, 0.3) is 0 Å². The minimum atomic E-state index is 0.381. The van der Waals surface area contributed by atoms with Gasteiger partial charge in [-0.2, -0.15) is 12.6 Å². The van der Waals surface area contributed by atoms with E-state index in [2.05, 4.69) is 24.9 Å². The van der Waals surface area contributed by atoms with E-state index in [1.54, 1.807) is 0 Å². The minimum Gasteiger partial charge on any atom is -0.300 e. The lowest BCUT2D eigenvalue weighted by molar-refractivity contribution is -0.0513. The third kappa shape index (κ3) is 0.802. The molecule has 0 heterocycles. The average molecular weight is 143 g/mol. The van der Waals surface area contributed by atoms with Gasteiger partial charge >= 0.3 is 0 Å². The predicted molar refractivity (Wildman–Crippen MR) is 41.7 cm³/mol. The topological polar surface area (TPSA) is 12.0 Å². The molecule has 0 radical (unpaired) electrons. The quantitative estimate of drug-likeness (QED) is 0.440. The molecule has 1 atom stereocenters. The number of thiol groups is 1. The van der Waals surface area contributed by atoms with Crippen LogP contribution >= 0.6 is 12.6 Å². The zero-order valence-corrected chi connectivity index (χ0v) is 6.62. The second kappa shape index (κ2) is 1.67. The van der Waals surface area contributed by atoms with Crippen molar-refractivity contribution < 1.29 is 0 Å². The van der Waals surface area contributed by atoms with E-state index < -0.39 is 0 Å². The highest BCUT2D eigenvalue weighted by atomic mass is 32.1. The van der Waals surface area contributed by atoms with Crippen LogP contribution in [0.15, 0.2) is 0 Å². The molecular formula is C7H13NS. The summed E-state index contributed by atoms with van der Waals surface area (Å²) >= 11 is 4.29. The minimum absolute atomic E-state index is 0.381. The van der Waals surface area contributed by atoms with Gasteiger partial charge in [-0.05, 0) is 32.1 Å². The van der Waals surface area contributed by atoms with Crippen molar-refractivity contribution in [2.24, 2.45) is 5.92 Å². The number of nitrogens with one attached hydrogen (secondary N) is 1. The Labute approximate surface area is 61.6 Å². The van der Waals surface area contributed by atoms with Crippen LogP contribution in [-0.4, -0.2) is 10.9 Å². The Morgan fingerprint density at radius 3 is 2.22 bits per heavy atom. The molecule has 52 valence electrons. The van der Waals surface area contributed by atoms with Gasteiger partial charge < -0.3 is 5.32 Å². The summed E-state index contributed by atoms with van der Waals surface area (Å²) in [6, 6.07) is 0. The summed E-state index contributed by atoms with van der Waals surface area (Å²) in [5, 5.41) is 3.87. The average Bonchev–Trinajstić information content (AvgIpc) is 1.50. The lowest BCUT2D eigenvalue weighted by Gasteiger charge is -2.62. The zero-order chi connectivity index (χ0) is 6.48. The Bertz CT molecular complexity index is 116. The molecule has 3 rings (SSSR count). The maximum absolute atomic E-state index is 4.29. The summed E-state index contributed by atoms with van der Waals surface area (Å²) in [5.41, 5.74) is 0.561. The largest absolute Gasteiger partial charge is 0.300 e. The van der Waals surface area contributed by atoms with Crippen molar-refractivity contribution in [2.45, 2.75) is 37.1 Å². The summed E-state index contributed by atoms with van der Waals surface area (Å²) in [6.07, 6.45) is 4.24. The molecule has 3 saturated carbocycles. The molecule has 9 heavy (non-hydrogen) atoms. The maximum Gasteiger partial charge on any atom is 0.0477 e. The second-order valence-electron chi connectivity index (χ2n) is 3.58. The molecule has 3 fully saturated rings. The Hall–Kier alpha value is 0.310. The van der Waals surface area contributed by atoms with E-state index in [9.17, 15) is 0 Å². The highest BCUT2D eigenvalue weighted by Crippen LogP contribution is 2.57. The molecule has 3 aliphatic rings. The SMILES string of the molecule is C[C@H](S)NC12CC(C1)C2. The van der Waals surface area contributed by atoms with Crippen LogP contribution in [0.4, 0.5) is 0 Å². The molecule has 2 heteroatoms.